The van der Waals surface area contributed by atoms with Gasteiger partial charge in [-0.05, 0) is 25.1 Å². The van der Waals surface area contributed by atoms with Gasteiger partial charge in [0.15, 0.2) is 0 Å². The minimum absolute atomic E-state index is 0.0358. The van der Waals surface area contributed by atoms with Crippen molar-refractivity contribution in [3.8, 4) is 0 Å². The lowest BCUT2D eigenvalue weighted by atomic mass is 10.3. The number of carbonyl (C=O) groups is 1. The minimum atomic E-state index is -4.51. The van der Waals surface area contributed by atoms with Crippen LogP contribution in [0, 0.1) is 6.92 Å². The SMILES string of the molecule is Cc1cc(C(F)(F)F)nc(CCNC(=O)c2ccccn2)n1. The molecule has 0 spiro atoms. The first-order chi connectivity index (χ1) is 10.4. The van der Waals surface area contributed by atoms with E-state index in [2.05, 4.69) is 20.3 Å². The molecule has 0 aliphatic carbocycles. The Hall–Kier alpha value is -2.51. The molecule has 0 radical (unpaired) electrons. The Balaban J connectivity index is 1.98. The highest BCUT2D eigenvalue weighted by atomic mass is 19.4. The highest BCUT2D eigenvalue weighted by Gasteiger charge is 2.33. The summed E-state index contributed by atoms with van der Waals surface area (Å²) >= 11 is 0. The molecule has 2 rings (SSSR count). The number of halogens is 3. The van der Waals surface area contributed by atoms with Crippen LogP contribution in [-0.2, 0) is 12.6 Å². The molecule has 0 bridgehead atoms. The number of alkyl halides is 3. The molecule has 0 atom stereocenters. The van der Waals surface area contributed by atoms with Gasteiger partial charge in [-0.15, -0.1) is 0 Å². The Kier molecular flexibility index (Phi) is 4.69. The smallest absolute Gasteiger partial charge is 0.350 e. The van der Waals surface area contributed by atoms with Crippen LogP contribution in [0.15, 0.2) is 30.5 Å². The summed E-state index contributed by atoms with van der Waals surface area (Å²) in [6.45, 7) is 1.59. The molecule has 0 aliphatic heterocycles. The van der Waals surface area contributed by atoms with Crippen LogP contribution in [0.3, 0.4) is 0 Å². The van der Waals surface area contributed by atoms with Crippen LogP contribution >= 0.6 is 0 Å². The first-order valence-electron chi connectivity index (χ1n) is 6.47. The Bertz CT molecular complexity index is 659. The molecule has 1 N–H and O–H groups in total. The zero-order chi connectivity index (χ0) is 16.2. The van der Waals surface area contributed by atoms with E-state index in [4.69, 9.17) is 0 Å². The van der Waals surface area contributed by atoms with Crippen molar-refractivity contribution in [3.63, 3.8) is 0 Å². The normalized spacial score (nSPS) is 11.3. The van der Waals surface area contributed by atoms with Gasteiger partial charge in [-0.3, -0.25) is 9.78 Å². The summed E-state index contributed by atoms with van der Waals surface area (Å²) in [4.78, 5) is 23.0. The second-order valence-electron chi connectivity index (χ2n) is 4.53. The highest BCUT2D eigenvalue weighted by Crippen LogP contribution is 2.27. The first kappa shape index (κ1) is 15.9. The first-order valence-corrected chi connectivity index (χ1v) is 6.47. The van der Waals surface area contributed by atoms with Gasteiger partial charge in [0, 0.05) is 24.9 Å². The fourth-order valence-electron chi connectivity index (χ4n) is 1.76. The number of pyridine rings is 1. The van der Waals surface area contributed by atoms with Crippen molar-refractivity contribution >= 4 is 5.91 Å². The number of amides is 1. The van der Waals surface area contributed by atoms with Gasteiger partial charge in [0.25, 0.3) is 5.91 Å². The maximum atomic E-state index is 12.7. The number of rotatable bonds is 4. The van der Waals surface area contributed by atoms with Crippen molar-refractivity contribution < 1.29 is 18.0 Å². The average molecular weight is 310 g/mol. The summed E-state index contributed by atoms with van der Waals surface area (Å²) in [7, 11) is 0. The summed E-state index contributed by atoms with van der Waals surface area (Å²) in [6.07, 6.45) is -2.93. The Morgan fingerprint density at radius 2 is 2.05 bits per heavy atom. The third kappa shape index (κ3) is 4.24. The van der Waals surface area contributed by atoms with Crippen LogP contribution in [0.2, 0.25) is 0 Å². The number of carbonyl (C=O) groups excluding carboxylic acids is 1. The van der Waals surface area contributed by atoms with E-state index >= 15 is 0 Å². The molecule has 2 aromatic rings. The molecule has 0 saturated carbocycles. The monoisotopic (exact) mass is 310 g/mol. The molecule has 0 unspecified atom stereocenters. The quantitative estimate of drug-likeness (QED) is 0.940. The predicted octanol–water partition coefficient (Wildman–Crippen LogP) is 2.17. The molecule has 116 valence electrons. The van der Waals surface area contributed by atoms with Crippen molar-refractivity contribution in [1.82, 2.24) is 20.3 Å². The van der Waals surface area contributed by atoms with Crippen molar-refractivity contribution in [1.29, 1.82) is 0 Å². The lowest BCUT2D eigenvalue weighted by Gasteiger charge is -2.09. The van der Waals surface area contributed by atoms with Crippen molar-refractivity contribution in [2.45, 2.75) is 19.5 Å². The van der Waals surface area contributed by atoms with Crippen LogP contribution in [0.25, 0.3) is 0 Å². The van der Waals surface area contributed by atoms with Crippen LogP contribution in [0.4, 0.5) is 13.2 Å². The second-order valence-corrected chi connectivity index (χ2v) is 4.53. The fourth-order valence-corrected chi connectivity index (χ4v) is 1.76. The van der Waals surface area contributed by atoms with E-state index in [-0.39, 0.29) is 30.2 Å². The van der Waals surface area contributed by atoms with Gasteiger partial charge in [0.2, 0.25) is 0 Å². The van der Waals surface area contributed by atoms with Gasteiger partial charge in [0.05, 0.1) is 0 Å². The number of aromatic nitrogens is 3. The molecule has 22 heavy (non-hydrogen) atoms. The average Bonchev–Trinajstić information content (AvgIpc) is 2.46. The molecule has 2 aromatic heterocycles. The van der Waals surface area contributed by atoms with E-state index in [1.165, 1.54) is 13.1 Å². The van der Waals surface area contributed by atoms with Crippen LogP contribution in [0.5, 0.6) is 0 Å². The van der Waals surface area contributed by atoms with Gasteiger partial charge >= 0.3 is 6.18 Å². The molecule has 0 aromatic carbocycles. The van der Waals surface area contributed by atoms with E-state index in [0.29, 0.717) is 0 Å². The molecule has 2 heterocycles. The van der Waals surface area contributed by atoms with Crippen LogP contribution in [0.1, 0.15) is 27.7 Å². The van der Waals surface area contributed by atoms with E-state index in [1.807, 2.05) is 0 Å². The van der Waals surface area contributed by atoms with Crippen molar-refractivity contribution in [3.05, 3.63) is 53.4 Å². The fraction of sp³-hybridized carbons (Fsp3) is 0.286. The Morgan fingerprint density at radius 1 is 1.27 bits per heavy atom. The topological polar surface area (TPSA) is 67.8 Å². The lowest BCUT2D eigenvalue weighted by molar-refractivity contribution is -0.141. The van der Waals surface area contributed by atoms with E-state index in [9.17, 15) is 18.0 Å². The zero-order valence-corrected chi connectivity index (χ0v) is 11.7. The van der Waals surface area contributed by atoms with Gasteiger partial charge in [0.1, 0.15) is 17.2 Å². The van der Waals surface area contributed by atoms with Gasteiger partial charge in [-0.2, -0.15) is 13.2 Å². The Morgan fingerprint density at radius 3 is 2.68 bits per heavy atom. The minimum Gasteiger partial charge on any atom is -0.350 e. The zero-order valence-electron chi connectivity index (χ0n) is 11.7. The van der Waals surface area contributed by atoms with Crippen molar-refractivity contribution in [2.75, 3.05) is 6.54 Å². The molecule has 0 saturated heterocycles. The van der Waals surface area contributed by atoms with Gasteiger partial charge < -0.3 is 5.32 Å². The standard InChI is InChI=1S/C14H13F3N4O/c1-9-8-11(14(15,16)17)21-12(20-9)5-7-19-13(22)10-4-2-3-6-18-10/h2-4,6,8H,5,7H2,1H3,(H,19,22). The molecular weight excluding hydrogens is 297 g/mol. The maximum Gasteiger partial charge on any atom is 0.433 e. The summed E-state index contributed by atoms with van der Waals surface area (Å²) in [5.41, 5.74) is -0.511. The summed E-state index contributed by atoms with van der Waals surface area (Å²) in [5, 5.41) is 2.56. The lowest BCUT2D eigenvalue weighted by Crippen LogP contribution is -2.27. The third-order valence-electron chi connectivity index (χ3n) is 2.72. The molecule has 8 heteroatoms. The van der Waals surface area contributed by atoms with Crippen LogP contribution in [-0.4, -0.2) is 27.4 Å². The highest BCUT2D eigenvalue weighted by molar-refractivity contribution is 5.92. The van der Waals surface area contributed by atoms with Crippen LogP contribution < -0.4 is 5.32 Å². The van der Waals surface area contributed by atoms with E-state index in [1.54, 1.807) is 18.2 Å². The number of aryl methyl sites for hydroxylation is 1. The Labute approximate surface area is 124 Å². The molecule has 0 aliphatic rings. The van der Waals surface area contributed by atoms with Gasteiger partial charge in [-0.25, -0.2) is 9.97 Å². The maximum absolute atomic E-state index is 12.7. The van der Waals surface area contributed by atoms with Crippen molar-refractivity contribution in [2.24, 2.45) is 0 Å². The summed E-state index contributed by atoms with van der Waals surface area (Å²) in [6, 6.07) is 5.77. The third-order valence-corrected chi connectivity index (χ3v) is 2.72. The number of nitrogens with zero attached hydrogens (tertiary/aromatic N) is 3. The molecular formula is C14H13F3N4O. The van der Waals surface area contributed by atoms with E-state index in [0.717, 1.165) is 6.07 Å². The summed E-state index contributed by atoms with van der Waals surface area (Å²) < 4.78 is 38.0. The molecule has 1 amide bonds. The van der Waals surface area contributed by atoms with Gasteiger partial charge in [-0.1, -0.05) is 6.07 Å². The predicted molar refractivity (Wildman–Crippen MR) is 72.0 cm³/mol. The molecule has 0 fully saturated rings. The largest absolute Gasteiger partial charge is 0.433 e. The summed E-state index contributed by atoms with van der Waals surface area (Å²) in [5.74, 6) is -0.363. The second kappa shape index (κ2) is 6.50. The van der Waals surface area contributed by atoms with E-state index < -0.39 is 17.8 Å². The number of hydrogen-bond acceptors (Lipinski definition) is 4. The molecule has 5 nitrogen and oxygen atoms in total. The number of nitrogens with one attached hydrogen (secondary N) is 1. The number of hydrogen-bond donors (Lipinski definition) is 1.